The summed E-state index contributed by atoms with van der Waals surface area (Å²) < 4.78 is 28.4. The van der Waals surface area contributed by atoms with Crippen LogP contribution in [0.25, 0.3) is 0 Å². The average Bonchev–Trinajstić information content (AvgIpc) is 2.45. The molecule has 8 heteroatoms. The van der Waals surface area contributed by atoms with E-state index < -0.39 is 10.1 Å². The second-order valence-electron chi connectivity index (χ2n) is 4.37. The van der Waals surface area contributed by atoms with Crippen molar-refractivity contribution in [2.75, 3.05) is 14.1 Å². The van der Waals surface area contributed by atoms with Crippen molar-refractivity contribution in [3.8, 4) is 0 Å². The molecule has 0 aromatic heterocycles. The van der Waals surface area contributed by atoms with Gasteiger partial charge in [-0.3, -0.25) is 0 Å². The van der Waals surface area contributed by atoms with Gasteiger partial charge < -0.3 is 0 Å². The Balaban J connectivity index is 0.00000242. The fraction of sp³-hybridized carbons (Fsp3) is 0.143. The zero-order valence-electron chi connectivity index (χ0n) is 11.7. The van der Waals surface area contributed by atoms with Crippen molar-refractivity contribution >= 4 is 51.1 Å². The van der Waals surface area contributed by atoms with Crippen LogP contribution in [0.3, 0.4) is 0 Å². The Kier molecular flexibility index (Phi) is 7.34. The molecular weight excluding hydrogens is 313 g/mol. The molecule has 0 saturated heterocycles. The molecular formula is C14H16N3NaO3S. The third kappa shape index (κ3) is 5.60. The van der Waals surface area contributed by atoms with Crippen LogP contribution in [-0.2, 0) is 14.4 Å². The summed E-state index contributed by atoms with van der Waals surface area (Å²) in [6.45, 7) is 0. The van der Waals surface area contributed by atoms with E-state index in [-0.39, 0.29) is 34.5 Å². The quantitative estimate of drug-likeness (QED) is 0.480. The second kappa shape index (κ2) is 8.52. The van der Waals surface area contributed by atoms with Crippen LogP contribution in [0.4, 0.5) is 11.4 Å². The predicted octanol–water partition coefficient (Wildman–Crippen LogP) is 2.64. The summed E-state index contributed by atoms with van der Waals surface area (Å²) in [5.41, 5.74) is 1.28. The third-order valence-electron chi connectivity index (χ3n) is 2.41. The Labute approximate surface area is 152 Å². The summed E-state index contributed by atoms with van der Waals surface area (Å²) in [5.74, 6) is 0. The Morgan fingerprint density at radius 1 is 0.864 bits per heavy atom. The number of nitrogens with zero attached hydrogens (tertiary/aromatic N) is 3. The molecule has 0 atom stereocenters. The van der Waals surface area contributed by atoms with Gasteiger partial charge in [-0.1, -0.05) is 18.2 Å². The van der Waals surface area contributed by atoms with Gasteiger partial charge in [-0.2, -0.15) is 28.0 Å². The molecule has 0 spiro atoms. The van der Waals surface area contributed by atoms with Crippen LogP contribution in [0.1, 0.15) is 0 Å². The molecule has 0 N–H and O–H groups in total. The third-order valence-corrected chi connectivity index (χ3v) is 3.75. The Bertz CT molecular complexity index is 717. The van der Waals surface area contributed by atoms with Crippen molar-refractivity contribution in [2.45, 2.75) is 4.90 Å². The van der Waals surface area contributed by atoms with Gasteiger partial charge in [-0.25, -0.2) is 0 Å². The van der Waals surface area contributed by atoms with Crippen LogP contribution in [0.2, 0.25) is 0 Å². The minimum atomic E-state index is -3.79. The maximum absolute atomic E-state index is 11.8. The first-order valence-corrected chi connectivity index (χ1v) is 7.57. The first-order valence-electron chi connectivity index (χ1n) is 6.16. The van der Waals surface area contributed by atoms with Crippen molar-refractivity contribution in [1.29, 1.82) is 0 Å². The van der Waals surface area contributed by atoms with Crippen LogP contribution in [-0.4, -0.2) is 57.1 Å². The SMILES string of the molecule is CN(C)OS(=O)(=O)c1ccc(/N=N/c2ccccc2)cc1.[NaH]. The summed E-state index contributed by atoms with van der Waals surface area (Å²) in [4.78, 5) is 0.0647. The molecule has 0 bridgehead atoms. The molecule has 2 rings (SSSR count). The fourth-order valence-electron chi connectivity index (χ4n) is 1.53. The second-order valence-corrected chi connectivity index (χ2v) is 5.90. The van der Waals surface area contributed by atoms with E-state index in [1.165, 1.54) is 26.2 Å². The Morgan fingerprint density at radius 3 is 1.86 bits per heavy atom. The van der Waals surface area contributed by atoms with E-state index in [1.807, 2.05) is 30.3 Å². The zero-order chi connectivity index (χ0) is 15.3. The van der Waals surface area contributed by atoms with E-state index in [0.717, 1.165) is 10.8 Å². The molecule has 112 valence electrons. The molecule has 0 heterocycles. The van der Waals surface area contributed by atoms with Crippen LogP contribution < -0.4 is 0 Å². The molecule has 0 radical (unpaired) electrons. The molecule has 2 aromatic carbocycles. The summed E-state index contributed by atoms with van der Waals surface area (Å²) in [5, 5.41) is 9.22. The number of benzene rings is 2. The van der Waals surface area contributed by atoms with Gasteiger partial charge in [0.05, 0.1) is 16.3 Å². The molecule has 0 aliphatic heterocycles. The van der Waals surface area contributed by atoms with Crippen molar-refractivity contribution in [3.63, 3.8) is 0 Å². The Morgan fingerprint density at radius 2 is 1.36 bits per heavy atom. The molecule has 0 amide bonds. The van der Waals surface area contributed by atoms with E-state index in [4.69, 9.17) is 4.28 Å². The van der Waals surface area contributed by atoms with Crippen molar-refractivity contribution < 1.29 is 12.7 Å². The number of rotatable bonds is 5. The number of hydrogen-bond acceptors (Lipinski definition) is 6. The van der Waals surface area contributed by atoms with E-state index in [2.05, 4.69) is 10.2 Å². The summed E-state index contributed by atoms with van der Waals surface area (Å²) in [6.07, 6.45) is 0. The first kappa shape index (κ1) is 19.0. The summed E-state index contributed by atoms with van der Waals surface area (Å²) in [7, 11) is -0.790. The molecule has 0 aliphatic carbocycles. The standard InChI is InChI=1S/C14H15N3O3S.Na.H/c1-17(2)20-21(18,19)14-10-8-13(9-11-14)16-15-12-6-4-3-5-7-12;;/h3-11H,1-2H3;;/b16-15+;;. The molecule has 6 nitrogen and oxygen atoms in total. The van der Waals surface area contributed by atoms with Gasteiger partial charge in [-0.05, 0) is 36.4 Å². The van der Waals surface area contributed by atoms with Gasteiger partial charge in [0.15, 0.2) is 0 Å². The van der Waals surface area contributed by atoms with Crippen molar-refractivity contribution in [1.82, 2.24) is 5.06 Å². The summed E-state index contributed by atoms with van der Waals surface area (Å²) >= 11 is 0. The minimum absolute atomic E-state index is 0. The van der Waals surface area contributed by atoms with Gasteiger partial charge in [0.2, 0.25) is 0 Å². The van der Waals surface area contributed by atoms with Gasteiger partial charge in [-0.15, -0.1) is 0 Å². The topological polar surface area (TPSA) is 71.3 Å². The Hall–Kier alpha value is -1.09. The van der Waals surface area contributed by atoms with E-state index in [9.17, 15) is 8.42 Å². The molecule has 0 aliphatic rings. The normalized spacial score (nSPS) is 11.6. The number of hydroxylamine groups is 2. The van der Waals surface area contributed by atoms with Crippen molar-refractivity contribution in [2.24, 2.45) is 10.2 Å². The van der Waals surface area contributed by atoms with E-state index in [0.29, 0.717) is 5.69 Å². The molecule has 0 saturated carbocycles. The van der Waals surface area contributed by atoms with Gasteiger partial charge >= 0.3 is 39.7 Å². The molecule has 22 heavy (non-hydrogen) atoms. The van der Waals surface area contributed by atoms with E-state index in [1.54, 1.807) is 12.1 Å². The monoisotopic (exact) mass is 329 g/mol. The maximum atomic E-state index is 11.8. The van der Waals surface area contributed by atoms with Crippen LogP contribution >= 0.6 is 0 Å². The molecule has 2 aromatic rings. The number of hydrogen-bond donors (Lipinski definition) is 0. The average molecular weight is 329 g/mol. The fourth-order valence-corrected chi connectivity index (χ4v) is 2.48. The van der Waals surface area contributed by atoms with Crippen LogP contribution in [0.5, 0.6) is 0 Å². The predicted molar refractivity (Wildman–Crippen MR) is 86.2 cm³/mol. The number of azo groups is 1. The van der Waals surface area contributed by atoms with Gasteiger partial charge in [0, 0.05) is 14.1 Å². The van der Waals surface area contributed by atoms with Crippen LogP contribution in [0.15, 0.2) is 69.7 Å². The molecule has 0 fully saturated rings. The van der Waals surface area contributed by atoms with E-state index >= 15 is 0 Å². The first-order chi connectivity index (χ1) is 9.97. The van der Waals surface area contributed by atoms with Gasteiger partial charge in [0.1, 0.15) is 0 Å². The summed E-state index contributed by atoms with van der Waals surface area (Å²) in [6, 6.07) is 15.3. The van der Waals surface area contributed by atoms with Gasteiger partial charge in [0.25, 0.3) is 0 Å². The van der Waals surface area contributed by atoms with Crippen LogP contribution in [0, 0.1) is 0 Å². The molecule has 0 unspecified atom stereocenters. The van der Waals surface area contributed by atoms with Crippen molar-refractivity contribution in [3.05, 3.63) is 54.6 Å². The zero-order valence-corrected chi connectivity index (χ0v) is 12.5.